The van der Waals surface area contributed by atoms with Crippen molar-refractivity contribution in [3.8, 4) is 0 Å². The molecular formula is C13H25NO3. The Hall–Kier alpha value is -1.06. The number of rotatable bonds is 10. The van der Waals surface area contributed by atoms with Crippen molar-refractivity contribution < 1.29 is 14.3 Å². The van der Waals surface area contributed by atoms with Gasteiger partial charge in [-0.2, -0.15) is 0 Å². The Balaban J connectivity index is 4.09. The Bertz CT molecular complexity index is 219. The molecule has 0 aliphatic rings. The zero-order valence-corrected chi connectivity index (χ0v) is 11.2. The van der Waals surface area contributed by atoms with E-state index in [-0.39, 0.29) is 11.9 Å². The molecule has 1 N–H and O–H groups in total. The highest BCUT2D eigenvalue weighted by atomic mass is 16.5. The van der Waals surface area contributed by atoms with Gasteiger partial charge in [0.25, 0.3) is 0 Å². The number of hydrogen-bond acceptors (Lipinski definition) is 3. The lowest BCUT2D eigenvalue weighted by Crippen LogP contribution is -2.42. The van der Waals surface area contributed by atoms with Crippen LogP contribution >= 0.6 is 0 Å². The highest BCUT2D eigenvalue weighted by molar-refractivity contribution is 5.78. The summed E-state index contributed by atoms with van der Waals surface area (Å²) in [5, 5.41) is 2.55. The van der Waals surface area contributed by atoms with Crippen LogP contribution in [0.2, 0.25) is 0 Å². The molecule has 0 fully saturated rings. The van der Waals surface area contributed by atoms with Crippen LogP contribution in [0.1, 0.15) is 52.9 Å². The molecular weight excluding hydrogens is 218 g/mol. The van der Waals surface area contributed by atoms with E-state index in [2.05, 4.69) is 12.2 Å². The van der Waals surface area contributed by atoms with Crippen LogP contribution in [0.5, 0.6) is 0 Å². The minimum absolute atomic E-state index is 0.121. The maximum Gasteiger partial charge on any atom is 0.328 e. The highest BCUT2D eigenvalue weighted by Crippen LogP contribution is 2.15. The largest absolute Gasteiger partial charge is 0.464 e. The third-order valence-electron chi connectivity index (χ3n) is 2.87. The van der Waals surface area contributed by atoms with Gasteiger partial charge in [0, 0.05) is 0 Å². The molecule has 0 aliphatic heterocycles. The lowest BCUT2D eigenvalue weighted by Gasteiger charge is -2.21. The van der Waals surface area contributed by atoms with Crippen LogP contribution in [0.15, 0.2) is 0 Å². The second-order valence-electron chi connectivity index (χ2n) is 4.34. The lowest BCUT2D eigenvalue weighted by atomic mass is 9.95. The molecule has 100 valence electrons. The first-order chi connectivity index (χ1) is 8.17. The van der Waals surface area contributed by atoms with E-state index < -0.39 is 6.04 Å². The normalized spacial score (nSPS) is 13.8. The van der Waals surface area contributed by atoms with Crippen molar-refractivity contribution in [3.05, 3.63) is 0 Å². The second-order valence-corrected chi connectivity index (χ2v) is 4.34. The molecule has 0 saturated carbocycles. The molecule has 1 unspecified atom stereocenters. The van der Waals surface area contributed by atoms with Crippen molar-refractivity contribution in [2.24, 2.45) is 5.92 Å². The van der Waals surface area contributed by atoms with Crippen LogP contribution in [-0.4, -0.2) is 25.0 Å². The third kappa shape index (κ3) is 6.97. The number of unbranched alkanes of at least 4 members (excludes halogenated alkanes) is 3. The van der Waals surface area contributed by atoms with Gasteiger partial charge in [-0.3, -0.25) is 4.79 Å². The fourth-order valence-electron chi connectivity index (χ4n) is 1.83. The average Bonchev–Trinajstić information content (AvgIpc) is 2.31. The van der Waals surface area contributed by atoms with Crippen molar-refractivity contribution in [2.75, 3.05) is 6.61 Å². The molecule has 0 saturated heterocycles. The third-order valence-corrected chi connectivity index (χ3v) is 2.87. The van der Waals surface area contributed by atoms with E-state index >= 15 is 0 Å². The minimum Gasteiger partial charge on any atom is -0.464 e. The van der Waals surface area contributed by atoms with E-state index in [1.54, 1.807) is 6.92 Å². The Labute approximate surface area is 104 Å². The van der Waals surface area contributed by atoms with E-state index in [4.69, 9.17) is 4.74 Å². The second kappa shape index (κ2) is 10.1. The van der Waals surface area contributed by atoms with E-state index in [0.717, 1.165) is 12.8 Å². The Kier molecular flexibility index (Phi) is 9.49. The first kappa shape index (κ1) is 15.9. The monoisotopic (exact) mass is 243 g/mol. The van der Waals surface area contributed by atoms with E-state index in [1.807, 2.05) is 6.92 Å². The number of ether oxygens (including phenoxy) is 1. The predicted molar refractivity (Wildman–Crippen MR) is 67.5 cm³/mol. The zero-order chi connectivity index (χ0) is 13.1. The number of amides is 1. The van der Waals surface area contributed by atoms with E-state index in [1.165, 1.54) is 19.3 Å². The van der Waals surface area contributed by atoms with Gasteiger partial charge < -0.3 is 10.1 Å². The summed E-state index contributed by atoms with van der Waals surface area (Å²) in [7, 11) is 0. The standard InChI is InChI=1S/C13H25NO3/c1-4-6-7-8-9-11(3)12(14-10-15)13(16)17-5-2/h10-12H,4-9H2,1-3H3,(H,14,15)/t11?,12-/m0/s1. The molecule has 17 heavy (non-hydrogen) atoms. The zero-order valence-electron chi connectivity index (χ0n) is 11.2. The van der Waals surface area contributed by atoms with Crippen molar-refractivity contribution in [1.82, 2.24) is 5.32 Å². The molecule has 0 aromatic heterocycles. The molecule has 0 aromatic carbocycles. The molecule has 0 bridgehead atoms. The van der Waals surface area contributed by atoms with Crippen LogP contribution in [0.25, 0.3) is 0 Å². The molecule has 0 aromatic rings. The minimum atomic E-state index is -0.505. The van der Waals surface area contributed by atoms with Gasteiger partial charge in [0.05, 0.1) is 6.61 Å². The summed E-state index contributed by atoms with van der Waals surface area (Å²) in [5.41, 5.74) is 0. The Morgan fingerprint density at radius 3 is 2.53 bits per heavy atom. The quantitative estimate of drug-likeness (QED) is 0.364. The van der Waals surface area contributed by atoms with Crippen molar-refractivity contribution in [3.63, 3.8) is 0 Å². The van der Waals surface area contributed by atoms with Crippen LogP contribution in [0, 0.1) is 5.92 Å². The van der Waals surface area contributed by atoms with Crippen molar-refractivity contribution in [2.45, 2.75) is 58.9 Å². The summed E-state index contributed by atoms with van der Waals surface area (Å²) in [6.45, 7) is 6.25. The number of esters is 1. The maximum absolute atomic E-state index is 11.6. The van der Waals surface area contributed by atoms with Gasteiger partial charge in [0.15, 0.2) is 0 Å². The smallest absolute Gasteiger partial charge is 0.328 e. The molecule has 0 spiro atoms. The molecule has 4 nitrogen and oxygen atoms in total. The molecule has 4 heteroatoms. The first-order valence-electron chi connectivity index (χ1n) is 6.53. The van der Waals surface area contributed by atoms with Crippen molar-refractivity contribution >= 4 is 12.4 Å². The van der Waals surface area contributed by atoms with Gasteiger partial charge in [-0.15, -0.1) is 0 Å². The fourth-order valence-corrected chi connectivity index (χ4v) is 1.83. The van der Waals surface area contributed by atoms with Crippen LogP contribution < -0.4 is 5.32 Å². The molecule has 0 radical (unpaired) electrons. The predicted octanol–water partition coefficient (Wildman–Crippen LogP) is 2.27. The summed E-state index contributed by atoms with van der Waals surface area (Å²) >= 11 is 0. The maximum atomic E-state index is 11.6. The number of carbonyl (C=O) groups excluding carboxylic acids is 2. The molecule has 2 atom stereocenters. The topological polar surface area (TPSA) is 55.4 Å². The molecule has 0 aliphatic carbocycles. The number of nitrogens with one attached hydrogen (secondary N) is 1. The van der Waals surface area contributed by atoms with E-state index in [9.17, 15) is 9.59 Å². The van der Waals surface area contributed by atoms with Gasteiger partial charge in [-0.25, -0.2) is 4.79 Å². The summed E-state index contributed by atoms with van der Waals surface area (Å²) in [6, 6.07) is -0.505. The number of hydrogen-bond donors (Lipinski definition) is 1. The van der Waals surface area contributed by atoms with E-state index in [0.29, 0.717) is 13.0 Å². The lowest BCUT2D eigenvalue weighted by molar-refractivity contribution is -0.148. The summed E-state index contributed by atoms with van der Waals surface area (Å²) in [4.78, 5) is 22.1. The SMILES string of the molecule is CCCCCCC(C)[C@H](NC=O)C(=O)OCC. The van der Waals surface area contributed by atoms with Crippen molar-refractivity contribution in [1.29, 1.82) is 0 Å². The number of carbonyl (C=O) groups is 2. The van der Waals surface area contributed by atoms with Gasteiger partial charge in [-0.1, -0.05) is 39.5 Å². The summed E-state index contributed by atoms with van der Waals surface area (Å²) in [6.07, 6.45) is 6.19. The average molecular weight is 243 g/mol. The first-order valence-corrected chi connectivity index (χ1v) is 6.53. The van der Waals surface area contributed by atoms with Gasteiger partial charge in [0.2, 0.25) is 6.41 Å². The van der Waals surface area contributed by atoms with Crippen LogP contribution in [0.3, 0.4) is 0 Å². The highest BCUT2D eigenvalue weighted by Gasteiger charge is 2.25. The Morgan fingerprint density at radius 2 is 2.00 bits per heavy atom. The summed E-state index contributed by atoms with van der Waals surface area (Å²) < 4.78 is 4.94. The van der Waals surface area contributed by atoms with Gasteiger partial charge >= 0.3 is 5.97 Å². The van der Waals surface area contributed by atoms with Crippen LogP contribution in [0.4, 0.5) is 0 Å². The Morgan fingerprint density at radius 1 is 1.29 bits per heavy atom. The van der Waals surface area contributed by atoms with Crippen LogP contribution in [-0.2, 0) is 14.3 Å². The fraction of sp³-hybridized carbons (Fsp3) is 0.846. The van der Waals surface area contributed by atoms with Gasteiger partial charge in [-0.05, 0) is 19.3 Å². The summed E-state index contributed by atoms with van der Waals surface area (Å²) in [5.74, 6) is -0.210. The molecule has 0 heterocycles. The van der Waals surface area contributed by atoms with Gasteiger partial charge in [0.1, 0.15) is 6.04 Å². The molecule has 1 amide bonds. The molecule has 0 rings (SSSR count).